The predicted octanol–water partition coefficient (Wildman–Crippen LogP) is 2.21. The summed E-state index contributed by atoms with van der Waals surface area (Å²) >= 11 is 5.89. The molecular formula is C13H20ClN3O4. The highest BCUT2D eigenvalue weighted by molar-refractivity contribution is 6.31. The van der Waals surface area contributed by atoms with Gasteiger partial charge in [-0.3, -0.25) is 4.68 Å². The summed E-state index contributed by atoms with van der Waals surface area (Å²) in [5.74, 6) is -1.20. The van der Waals surface area contributed by atoms with Gasteiger partial charge in [0.25, 0.3) is 0 Å². The van der Waals surface area contributed by atoms with Crippen molar-refractivity contribution in [2.45, 2.75) is 52.3 Å². The molecule has 118 valence electrons. The monoisotopic (exact) mass is 317 g/mol. The zero-order valence-electron chi connectivity index (χ0n) is 12.7. The summed E-state index contributed by atoms with van der Waals surface area (Å²) < 4.78 is 6.46. The summed E-state index contributed by atoms with van der Waals surface area (Å²) in [6.45, 7) is 8.10. The first-order valence-corrected chi connectivity index (χ1v) is 6.75. The first-order valence-electron chi connectivity index (χ1n) is 6.37. The lowest BCUT2D eigenvalue weighted by Crippen LogP contribution is -2.56. The third kappa shape index (κ3) is 4.93. The number of nitrogens with zero attached hydrogens (tertiary/aromatic N) is 2. The zero-order chi connectivity index (χ0) is 16.4. The number of nitrogens with one attached hydrogen (secondary N) is 1. The van der Waals surface area contributed by atoms with Gasteiger partial charge in [0.15, 0.2) is 5.54 Å². The standard InChI is InChI=1S/C13H20ClN3O4/c1-8-9(14)6-17(16-8)7-13(5,10(18)19)15-11(20)21-12(2,3)4/h6H,7H2,1-5H3,(H,15,20)(H,18,19). The average Bonchev–Trinajstić information content (AvgIpc) is 2.53. The second kappa shape index (κ2) is 5.93. The lowest BCUT2D eigenvalue weighted by atomic mass is 10.0. The Morgan fingerprint density at radius 2 is 2.00 bits per heavy atom. The highest BCUT2D eigenvalue weighted by Gasteiger charge is 2.37. The van der Waals surface area contributed by atoms with E-state index in [0.29, 0.717) is 10.7 Å². The number of rotatable bonds is 4. The first kappa shape index (κ1) is 17.3. The van der Waals surface area contributed by atoms with Crippen molar-refractivity contribution in [2.75, 3.05) is 0 Å². The molecule has 1 amide bonds. The van der Waals surface area contributed by atoms with Crippen molar-refractivity contribution >= 4 is 23.7 Å². The molecule has 0 saturated carbocycles. The van der Waals surface area contributed by atoms with E-state index in [0.717, 1.165) is 0 Å². The Kier molecular flexibility index (Phi) is 4.88. The van der Waals surface area contributed by atoms with Crippen molar-refractivity contribution in [2.24, 2.45) is 0 Å². The first-order chi connectivity index (χ1) is 9.43. The second-order valence-electron chi connectivity index (χ2n) is 6.02. The molecule has 1 aromatic rings. The number of amides is 1. The van der Waals surface area contributed by atoms with E-state index < -0.39 is 23.2 Å². The SMILES string of the molecule is Cc1nn(CC(C)(NC(=O)OC(C)(C)C)C(=O)O)cc1Cl. The van der Waals surface area contributed by atoms with E-state index in [2.05, 4.69) is 10.4 Å². The molecule has 2 N–H and O–H groups in total. The number of carboxylic acid groups (broad SMARTS) is 1. The third-order valence-corrected chi connectivity index (χ3v) is 2.98. The van der Waals surface area contributed by atoms with Crippen LogP contribution in [0.2, 0.25) is 5.02 Å². The van der Waals surface area contributed by atoms with Crippen LogP contribution in [-0.4, -0.2) is 38.1 Å². The number of carboxylic acids is 1. The van der Waals surface area contributed by atoms with Crippen LogP contribution in [0.25, 0.3) is 0 Å². The number of aromatic nitrogens is 2. The number of hydrogen-bond acceptors (Lipinski definition) is 4. The number of aryl methyl sites for hydroxylation is 1. The van der Waals surface area contributed by atoms with Crippen LogP contribution in [0.5, 0.6) is 0 Å². The molecule has 1 rings (SSSR count). The minimum Gasteiger partial charge on any atom is -0.479 e. The van der Waals surface area contributed by atoms with Crippen molar-refractivity contribution in [1.29, 1.82) is 0 Å². The van der Waals surface area contributed by atoms with Crippen molar-refractivity contribution in [1.82, 2.24) is 15.1 Å². The lowest BCUT2D eigenvalue weighted by Gasteiger charge is -2.28. The molecule has 1 atom stereocenters. The van der Waals surface area contributed by atoms with E-state index in [1.165, 1.54) is 17.8 Å². The van der Waals surface area contributed by atoms with Crippen molar-refractivity contribution < 1.29 is 19.4 Å². The fourth-order valence-electron chi connectivity index (χ4n) is 1.59. The Balaban J connectivity index is 2.88. The van der Waals surface area contributed by atoms with Gasteiger partial charge in [-0.25, -0.2) is 9.59 Å². The Hall–Kier alpha value is -1.76. The van der Waals surface area contributed by atoms with Crippen molar-refractivity contribution in [3.05, 3.63) is 16.9 Å². The number of aliphatic carboxylic acids is 1. The van der Waals surface area contributed by atoms with Gasteiger partial charge in [-0.1, -0.05) is 11.6 Å². The number of hydrogen-bond donors (Lipinski definition) is 2. The van der Waals surface area contributed by atoms with E-state index in [-0.39, 0.29) is 6.54 Å². The maximum Gasteiger partial charge on any atom is 0.408 e. The maximum atomic E-state index is 11.8. The molecule has 0 aromatic carbocycles. The fraction of sp³-hybridized carbons (Fsp3) is 0.615. The van der Waals surface area contributed by atoms with Crippen LogP contribution < -0.4 is 5.32 Å². The minimum absolute atomic E-state index is 0.0743. The number of carbonyl (C=O) groups excluding carboxylic acids is 1. The van der Waals surface area contributed by atoms with E-state index in [9.17, 15) is 14.7 Å². The predicted molar refractivity (Wildman–Crippen MR) is 77.4 cm³/mol. The molecule has 8 heteroatoms. The molecule has 0 spiro atoms. The molecule has 0 aliphatic rings. The number of ether oxygens (including phenoxy) is 1. The summed E-state index contributed by atoms with van der Waals surface area (Å²) in [7, 11) is 0. The molecular weight excluding hydrogens is 298 g/mol. The Morgan fingerprint density at radius 1 is 1.43 bits per heavy atom. The highest BCUT2D eigenvalue weighted by atomic mass is 35.5. The number of carbonyl (C=O) groups is 2. The van der Waals surface area contributed by atoms with Crippen LogP contribution in [-0.2, 0) is 16.1 Å². The van der Waals surface area contributed by atoms with E-state index in [1.807, 2.05) is 0 Å². The molecule has 1 heterocycles. The van der Waals surface area contributed by atoms with Crippen LogP contribution in [0.1, 0.15) is 33.4 Å². The molecule has 0 radical (unpaired) electrons. The molecule has 0 aliphatic heterocycles. The normalized spacial score (nSPS) is 14.4. The average molecular weight is 318 g/mol. The van der Waals surface area contributed by atoms with E-state index in [1.54, 1.807) is 27.7 Å². The molecule has 0 fully saturated rings. The topological polar surface area (TPSA) is 93.5 Å². The molecule has 1 aromatic heterocycles. The molecule has 0 bridgehead atoms. The fourth-order valence-corrected chi connectivity index (χ4v) is 1.74. The van der Waals surface area contributed by atoms with Crippen LogP contribution >= 0.6 is 11.6 Å². The third-order valence-electron chi connectivity index (χ3n) is 2.61. The molecule has 7 nitrogen and oxygen atoms in total. The van der Waals surface area contributed by atoms with Gasteiger partial charge in [0.1, 0.15) is 5.60 Å². The summed E-state index contributed by atoms with van der Waals surface area (Å²) in [5.41, 5.74) is -1.69. The van der Waals surface area contributed by atoms with Crippen LogP contribution in [0, 0.1) is 6.92 Å². The highest BCUT2D eigenvalue weighted by Crippen LogP contribution is 2.16. The van der Waals surface area contributed by atoms with E-state index >= 15 is 0 Å². The summed E-state index contributed by atoms with van der Waals surface area (Å²) in [6.07, 6.45) is 0.705. The molecule has 1 unspecified atom stereocenters. The van der Waals surface area contributed by atoms with Crippen LogP contribution in [0.3, 0.4) is 0 Å². The number of alkyl carbamates (subject to hydrolysis) is 1. The van der Waals surface area contributed by atoms with Crippen LogP contribution in [0.4, 0.5) is 4.79 Å². The largest absolute Gasteiger partial charge is 0.479 e. The molecule has 21 heavy (non-hydrogen) atoms. The molecule has 0 saturated heterocycles. The van der Waals surface area contributed by atoms with Gasteiger partial charge in [-0.2, -0.15) is 5.10 Å². The van der Waals surface area contributed by atoms with Gasteiger partial charge in [-0.15, -0.1) is 0 Å². The quantitative estimate of drug-likeness (QED) is 0.888. The molecule has 0 aliphatic carbocycles. The van der Waals surface area contributed by atoms with Crippen molar-refractivity contribution in [3.63, 3.8) is 0 Å². The van der Waals surface area contributed by atoms with Gasteiger partial charge >= 0.3 is 12.1 Å². The van der Waals surface area contributed by atoms with Gasteiger partial charge < -0.3 is 15.2 Å². The maximum absolute atomic E-state index is 11.8. The zero-order valence-corrected chi connectivity index (χ0v) is 13.5. The van der Waals surface area contributed by atoms with Gasteiger partial charge in [0.05, 0.1) is 17.3 Å². The minimum atomic E-state index is -1.57. The van der Waals surface area contributed by atoms with Crippen molar-refractivity contribution in [3.8, 4) is 0 Å². The van der Waals surface area contributed by atoms with Gasteiger partial charge in [0.2, 0.25) is 0 Å². The summed E-state index contributed by atoms with van der Waals surface area (Å²) in [6, 6.07) is 0. The Morgan fingerprint density at radius 3 is 2.38 bits per heavy atom. The van der Waals surface area contributed by atoms with Gasteiger partial charge in [0, 0.05) is 6.20 Å². The van der Waals surface area contributed by atoms with Gasteiger partial charge in [-0.05, 0) is 34.6 Å². The lowest BCUT2D eigenvalue weighted by molar-refractivity contribution is -0.144. The Bertz CT molecular complexity index is 531. The second-order valence-corrected chi connectivity index (χ2v) is 6.43. The summed E-state index contributed by atoms with van der Waals surface area (Å²) in [5, 5.41) is 16.3. The van der Waals surface area contributed by atoms with E-state index in [4.69, 9.17) is 16.3 Å². The Labute approximate surface area is 128 Å². The summed E-state index contributed by atoms with van der Waals surface area (Å²) in [4.78, 5) is 23.3. The smallest absolute Gasteiger partial charge is 0.408 e. The number of halogens is 1. The van der Waals surface area contributed by atoms with Crippen LogP contribution in [0.15, 0.2) is 6.20 Å².